The summed E-state index contributed by atoms with van der Waals surface area (Å²) in [6, 6.07) is 10.9. The first-order valence-electron chi connectivity index (χ1n) is 7.59. The molecule has 0 aliphatic carbocycles. The Hall–Kier alpha value is -3.68. The molecule has 132 valence electrons. The molecule has 26 heavy (non-hydrogen) atoms. The number of ether oxygens (including phenoxy) is 1. The number of aliphatic hydroxyl groups is 1. The zero-order valence-electron chi connectivity index (χ0n) is 13.6. The van der Waals surface area contributed by atoms with E-state index in [0.717, 1.165) is 0 Å². The van der Waals surface area contributed by atoms with Gasteiger partial charge in [-0.2, -0.15) is 0 Å². The summed E-state index contributed by atoms with van der Waals surface area (Å²) in [7, 11) is 1.52. The molecule has 0 spiro atoms. The second-order valence-corrected chi connectivity index (χ2v) is 5.58. The topological polar surface area (TPSA) is 119 Å². The number of ketones is 1. The van der Waals surface area contributed by atoms with Gasteiger partial charge in [0.25, 0.3) is 17.4 Å². The molecule has 0 aromatic heterocycles. The van der Waals surface area contributed by atoms with Gasteiger partial charge >= 0.3 is 0 Å². The Morgan fingerprint density at radius 3 is 2.27 bits per heavy atom. The molecule has 1 atom stereocenters. The number of rotatable bonds is 4. The number of Topliss-reactive ketones (excluding diaryl/α,β-unsaturated/α-hetero) is 1. The van der Waals surface area contributed by atoms with Crippen LogP contribution in [-0.4, -0.2) is 28.8 Å². The van der Waals surface area contributed by atoms with Crippen LogP contribution in [0.5, 0.6) is 5.75 Å². The van der Waals surface area contributed by atoms with Gasteiger partial charge in [0, 0.05) is 17.7 Å². The van der Waals surface area contributed by atoms with Crippen molar-refractivity contribution < 1.29 is 24.4 Å². The van der Waals surface area contributed by atoms with Crippen molar-refractivity contribution in [2.45, 2.75) is 6.04 Å². The van der Waals surface area contributed by atoms with Crippen LogP contribution in [0.4, 0.5) is 5.69 Å². The predicted octanol–water partition coefficient (Wildman–Crippen LogP) is 2.31. The van der Waals surface area contributed by atoms with E-state index in [4.69, 9.17) is 4.74 Å². The Labute approximate surface area is 147 Å². The van der Waals surface area contributed by atoms with Gasteiger partial charge in [0.15, 0.2) is 0 Å². The minimum absolute atomic E-state index is 0.103. The Morgan fingerprint density at radius 2 is 1.73 bits per heavy atom. The highest BCUT2D eigenvalue weighted by Gasteiger charge is 2.39. The summed E-state index contributed by atoms with van der Waals surface area (Å²) >= 11 is 0. The maximum absolute atomic E-state index is 12.2. The van der Waals surface area contributed by atoms with E-state index in [2.05, 4.69) is 5.32 Å². The number of nitrogens with zero attached hydrogens (tertiary/aromatic N) is 1. The molecule has 1 amide bonds. The normalized spacial score (nSPS) is 18.4. The number of methoxy groups -OCH3 is 1. The van der Waals surface area contributed by atoms with Crippen LogP contribution in [0.25, 0.3) is 5.76 Å². The van der Waals surface area contributed by atoms with E-state index in [0.29, 0.717) is 11.3 Å². The molecule has 8 heteroatoms. The number of hydrogen-bond donors (Lipinski definition) is 2. The van der Waals surface area contributed by atoms with Gasteiger partial charge < -0.3 is 15.2 Å². The van der Waals surface area contributed by atoms with Crippen LogP contribution in [0, 0.1) is 10.1 Å². The third kappa shape index (κ3) is 3.00. The number of amides is 1. The fraction of sp³-hybridized carbons (Fsp3) is 0.111. The van der Waals surface area contributed by atoms with Crippen molar-refractivity contribution in [1.82, 2.24) is 5.32 Å². The van der Waals surface area contributed by atoms with Crippen LogP contribution < -0.4 is 10.1 Å². The molecule has 0 radical (unpaired) electrons. The highest BCUT2D eigenvalue weighted by molar-refractivity contribution is 6.46. The number of nitrogens with one attached hydrogen (secondary N) is 1. The Morgan fingerprint density at radius 1 is 1.12 bits per heavy atom. The van der Waals surface area contributed by atoms with Crippen LogP contribution in [0.3, 0.4) is 0 Å². The summed E-state index contributed by atoms with van der Waals surface area (Å²) in [5.74, 6) is -1.46. The number of benzene rings is 2. The minimum atomic E-state index is -0.846. The molecular weight excluding hydrogens is 340 g/mol. The average Bonchev–Trinajstić information content (AvgIpc) is 2.96. The molecule has 0 bridgehead atoms. The molecule has 1 aliphatic heterocycles. The molecule has 1 aliphatic rings. The molecule has 8 nitrogen and oxygen atoms in total. The molecular formula is C18H14N2O6. The number of hydrogen-bond acceptors (Lipinski definition) is 6. The van der Waals surface area contributed by atoms with Crippen LogP contribution in [0.15, 0.2) is 54.1 Å². The molecule has 1 fully saturated rings. The van der Waals surface area contributed by atoms with E-state index in [1.54, 1.807) is 24.3 Å². The second kappa shape index (κ2) is 6.67. The van der Waals surface area contributed by atoms with Crippen molar-refractivity contribution in [2.75, 3.05) is 7.11 Å². The lowest BCUT2D eigenvalue weighted by molar-refractivity contribution is -0.384. The molecule has 0 saturated carbocycles. The maximum atomic E-state index is 12.2. The fourth-order valence-electron chi connectivity index (χ4n) is 2.71. The number of carbonyl (C=O) groups is 2. The summed E-state index contributed by atoms with van der Waals surface area (Å²) < 4.78 is 5.08. The smallest absolute Gasteiger partial charge is 0.293 e. The Balaban J connectivity index is 2.04. The van der Waals surface area contributed by atoms with E-state index < -0.39 is 28.4 Å². The van der Waals surface area contributed by atoms with E-state index in [9.17, 15) is 24.8 Å². The SMILES string of the molecule is COc1ccc([C@@H]2NC(=O)C(=O)C2=C(O)c2ccc([N+](=O)[O-])cc2)cc1. The monoisotopic (exact) mass is 354 g/mol. The van der Waals surface area contributed by atoms with Crippen molar-refractivity contribution in [3.63, 3.8) is 0 Å². The summed E-state index contributed by atoms with van der Waals surface area (Å²) in [6.45, 7) is 0. The van der Waals surface area contributed by atoms with Crippen LogP contribution in [-0.2, 0) is 9.59 Å². The molecule has 0 unspecified atom stereocenters. The lowest BCUT2D eigenvalue weighted by Crippen LogP contribution is -2.21. The predicted molar refractivity (Wildman–Crippen MR) is 91.5 cm³/mol. The third-order valence-corrected chi connectivity index (χ3v) is 4.07. The maximum Gasteiger partial charge on any atom is 0.293 e. The quantitative estimate of drug-likeness (QED) is 0.286. The second-order valence-electron chi connectivity index (χ2n) is 5.58. The molecule has 1 heterocycles. The molecule has 2 aromatic carbocycles. The lowest BCUT2D eigenvalue weighted by atomic mass is 9.96. The van der Waals surface area contributed by atoms with Crippen molar-refractivity contribution in [3.05, 3.63) is 75.3 Å². The van der Waals surface area contributed by atoms with Crippen molar-refractivity contribution in [2.24, 2.45) is 0 Å². The van der Waals surface area contributed by atoms with Gasteiger partial charge in [-0.05, 0) is 29.8 Å². The van der Waals surface area contributed by atoms with Crippen LogP contribution >= 0.6 is 0 Å². The van der Waals surface area contributed by atoms with Crippen molar-refractivity contribution >= 4 is 23.1 Å². The van der Waals surface area contributed by atoms with Crippen molar-refractivity contribution in [3.8, 4) is 5.75 Å². The summed E-state index contributed by atoms with van der Waals surface area (Å²) in [6.07, 6.45) is 0. The van der Waals surface area contributed by atoms with Gasteiger partial charge in [0.05, 0.1) is 23.6 Å². The average molecular weight is 354 g/mol. The first-order valence-corrected chi connectivity index (χ1v) is 7.59. The first kappa shape index (κ1) is 17.2. The molecule has 2 N–H and O–H groups in total. The van der Waals surface area contributed by atoms with Gasteiger partial charge in [-0.3, -0.25) is 19.7 Å². The number of nitro groups is 1. The van der Waals surface area contributed by atoms with Crippen molar-refractivity contribution in [1.29, 1.82) is 0 Å². The van der Waals surface area contributed by atoms with Gasteiger partial charge in [-0.15, -0.1) is 0 Å². The number of nitro benzene ring substituents is 1. The summed E-state index contributed by atoms with van der Waals surface area (Å²) in [5, 5.41) is 23.8. The third-order valence-electron chi connectivity index (χ3n) is 4.07. The molecule has 2 aromatic rings. The molecule has 1 saturated heterocycles. The Kier molecular flexibility index (Phi) is 4.40. The Bertz CT molecular complexity index is 916. The van der Waals surface area contributed by atoms with Crippen LogP contribution in [0.2, 0.25) is 0 Å². The number of carbonyl (C=O) groups excluding carboxylic acids is 2. The standard InChI is InChI=1S/C18H14N2O6/c1-26-13-8-4-10(5-9-13)15-14(17(22)18(23)19-15)16(21)11-2-6-12(7-3-11)20(24)25/h2-9,15,21H,1H3,(H,19,23)/t15-/m0/s1. The molecule has 3 rings (SSSR count). The van der Waals surface area contributed by atoms with Gasteiger partial charge in [-0.1, -0.05) is 12.1 Å². The van der Waals surface area contributed by atoms with E-state index in [-0.39, 0.29) is 16.8 Å². The lowest BCUT2D eigenvalue weighted by Gasteiger charge is -2.14. The highest BCUT2D eigenvalue weighted by Crippen LogP contribution is 2.33. The summed E-state index contributed by atoms with van der Waals surface area (Å²) in [5.41, 5.74) is 0.543. The van der Waals surface area contributed by atoms with E-state index in [1.807, 2.05) is 0 Å². The van der Waals surface area contributed by atoms with Gasteiger partial charge in [0.2, 0.25) is 0 Å². The van der Waals surface area contributed by atoms with Gasteiger partial charge in [-0.25, -0.2) is 0 Å². The zero-order valence-corrected chi connectivity index (χ0v) is 13.6. The highest BCUT2D eigenvalue weighted by atomic mass is 16.6. The minimum Gasteiger partial charge on any atom is -0.507 e. The number of non-ortho nitro benzene ring substituents is 1. The number of aliphatic hydroxyl groups excluding tert-OH is 1. The fourth-order valence-corrected chi connectivity index (χ4v) is 2.71. The first-order chi connectivity index (χ1) is 12.4. The van der Waals surface area contributed by atoms with E-state index in [1.165, 1.54) is 31.4 Å². The zero-order chi connectivity index (χ0) is 18.8. The van der Waals surface area contributed by atoms with Gasteiger partial charge in [0.1, 0.15) is 11.5 Å². The van der Waals surface area contributed by atoms with Crippen LogP contribution in [0.1, 0.15) is 17.2 Å². The summed E-state index contributed by atoms with van der Waals surface area (Å²) in [4.78, 5) is 34.3. The largest absolute Gasteiger partial charge is 0.507 e. The van der Waals surface area contributed by atoms with E-state index >= 15 is 0 Å².